The van der Waals surface area contributed by atoms with Crippen molar-refractivity contribution in [3.63, 3.8) is 0 Å². The molecule has 0 spiro atoms. The van der Waals surface area contributed by atoms with E-state index in [0.717, 1.165) is 11.1 Å². The molecule has 2 aromatic carbocycles. The summed E-state index contributed by atoms with van der Waals surface area (Å²) in [6.07, 6.45) is -0.00783. The van der Waals surface area contributed by atoms with E-state index in [2.05, 4.69) is 0 Å². The second-order valence-corrected chi connectivity index (χ2v) is 6.06. The van der Waals surface area contributed by atoms with Gasteiger partial charge in [-0.2, -0.15) is 0 Å². The summed E-state index contributed by atoms with van der Waals surface area (Å²) >= 11 is 5.86. The minimum absolute atomic E-state index is 0.0810. The van der Waals surface area contributed by atoms with Crippen LogP contribution in [0.4, 0.5) is 0 Å². The molecule has 1 aliphatic rings. The van der Waals surface area contributed by atoms with Gasteiger partial charge >= 0.3 is 5.97 Å². The lowest BCUT2D eigenvalue weighted by Crippen LogP contribution is -2.18. The topological polar surface area (TPSA) is 63.6 Å². The van der Waals surface area contributed by atoms with Crippen molar-refractivity contribution in [2.24, 2.45) is 0 Å². The zero-order valence-electron chi connectivity index (χ0n) is 12.5. The number of ketones is 1. The van der Waals surface area contributed by atoms with Crippen molar-refractivity contribution >= 4 is 23.4 Å². The highest BCUT2D eigenvalue weighted by Crippen LogP contribution is 2.36. The number of carbonyl (C=O) groups excluding carboxylic acids is 1. The van der Waals surface area contributed by atoms with Crippen molar-refractivity contribution in [2.75, 3.05) is 0 Å². The number of rotatable bonds is 4. The molecule has 0 saturated heterocycles. The smallest absolute Gasteiger partial charge is 0.307 e. The normalized spacial score (nSPS) is 15.8. The monoisotopic (exact) mass is 330 g/mol. The summed E-state index contributed by atoms with van der Waals surface area (Å²) in [5.74, 6) is -0.548. The fraction of sp³-hybridized carbons (Fsp3) is 0.222. The van der Waals surface area contributed by atoms with Crippen molar-refractivity contribution < 1.29 is 19.4 Å². The van der Waals surface area contributed by atoms with E-state index < -0.39 is 12.1 Å². The standard InChI is InChI=1S/C18H15ClO4/c1-10-2-3-12-8-14(9-15(20)21)23-18(12)16(10)17(22)11-4-6-13(19)7-5-11/h2-7,14H,8-9H2,1H3,(H,20,21). The Hall–Kier alpha value is -2.33. The van der Waals surface area contributed by atoms with Crippen molar-refractivity contribution in [1.82, 2.24) is 0 Å². The number of hydrogen-bond donors (Lipinski definition) is 1. The van der Waals surface area contributed by atoms with E-state index in [-0.39, 0.29) is 12.2 Å². The van der Waals surface area contributed by atoms with Crippen LogP contribution in [0.2, 0.25) is 5.02 Å². The predicted molar refractivity (Wildman–Crippen MR) is 86.4 cm³/mol. The van der Waals surface area contributed by atoms with Gasteiger partial charge in [-0.05, 0) is 42.3 Å². The van der Waals surface area contributed by atoms with Gasteiger partial charge in [0.15, 0.2) is 5.78 Å². The number of ether oxygens (including phenoxy) is 1. The molecule has 2 aromatic rings. The fourth-order valence-electron chi connectivity index (χ4n) is 2.81. The predicted octanol–water partition coefficient (Wildman–Crippen LogP) is 3.66. The molecule has 4 nitrogen and oxygen atoms in total. The summed E-state index contributed by atoms with van der Waals surface area (Å²) in [7, 11) is 0. The Labute approximate surface area is 138 Å². The largest absolute Gasteiger partial charge is 0.488 e. The minimum atomic E-state index is -0.912. The van der Waals surface area contributed by atoms with Crippen molar-refractivity contribution in [1.29, 1.82) is 0 Å². The average Bonchev–Trinajstić information content (AvgIpc) is 2.88. The maximum atomic E-state index is 12.8. The summed E-state index contributed by atoms with van der Waals surface area (Å²) in [6.45, 7) is 1.84. The molecule has 1 atom stereocenters. The second kappa shape index (κ2) is 6.05. The molecule has 0 fully saturated rings. The van der Waals surface area contributed by atoms with Crippen LogP contribution < -0.4 is 4.74 Å². The molecule has 1 heterocycles. The molecule has 0 amide bonds. The van der Waals surface area contributed by atoms with Gasteiger partial charge in [0.2, 0.25) is 0 Å². The lowest BCUT2D eigenvalue weighted by atomic mass is 9.95. The van der Waals surface area contributed by atoms with Crippen molar-refractivity contribution in [2.45, 2.75) is 25.9 Å². The number of fused-ring (bicyclic) bond motifs is 1. The first-order chi connectivity index (χ1) is 11.0. The highest BCUT2D eigenvalue weighted by Gasteiger charge is 2.30. The van der Waals surface area contributed by atoms with Gasteiger partial charge in [-0.15, -0.1) is 0 Å². The quantitative estimate of drug-likeness (QED) is 0.869. The minimum Gasteiger partial charge on any atom is -0.488 e. The summed E-state index contributed by atoms with van der Waals surface area (Å²) < 4.78 is 5.77. The third kappa shape index (κ3) is 3.08. The molecule has 0 saturated carbocycles. The first-order valence-electron chi connectivity index (χ1n) is 7.27. The van der Waals surface area contributed by atoms with Gasteiger partial charge in [0.25, 0.3) is 0 Å². The number of carboxylic acid groups (broad SMARTS) is 1. The van der Waals surface area contributed by atoms with Gasteiger partial charge < -0.3 is 9.84 Å². The molecule has 0 radical (unpaired) electrons. The van der Waals surface area contributed by atoms with Crippen LogP contribution in [0.25, 0.3) is 0 Å². The Morgan fingerprint density at radius 3 is 2.57 bits per heavy atom. The van der Waals surface area contributed by atoms with Crippen LogP contribution in [0.1, 0.15) is 33.5 Å². The summed E-state index contributed by atoms with van der Waals surface area (Å²) in [5, 5.41) is 9.49. The molecule has 1 aliphatic heterocycles. The van der Waals surface area contributed by atoms with Gasteiger partial charge in [-0.3, -0.25) is 9.59 Å². The Kier molecular flexibility index (Phi) is 4.09. The van der Waals surface area contributed by atoms with E-state index in [1.807, 2.05) is 19.1 Å². The van der Waals surface area contributed by atoms with E-state index in [9.17, 15) is 9.59 Å². The highest BCUT2D eigenvalue weighted by atomic mass is 35.5. The van der Waals surface area contributed by atoms with Crippen LogP contribution in [0.5, 0.6) is 5.75 Å². The molecule has 1 unspecified atom stereocenters. The SMILES string of the molecule is Cc1ccc2c(c1C(=O)c1ccc(Cl)cc1)OC(CC(=O)O)C2. The highest BCUT2D eigenvalue weighted by molar-refractivity contribution is 6.30. The average molecular weight is 331 g/mol. The number of carbonyl (C=O) groups is 2. The first-order valence-corrected chi connectivity index (χ1v) is 7.64. The number of benzene rings is 2. The third-order valence-corrected chi connectivity index (χ3v) is 4.17. The van der Waals surface area contributed by atoms with Crippen LogP contribution >= 0.6 is 11.6 Å². The number of halogens is 1. The van der Waals surface area contributed by atoms with Gasteiger partial charge in [0.1, 0.15) is 11.9 Å². The summed E-state index contributed by atoms with van der Waals surface area (Å²) in [5.41, 5.74) is 2.70. The van der Waals surface area contributed by atoms with Crippen LogP contribution in [-0.2, 0) is 11.2 Å². The molecule has 0 aromatic heterocycles. The van der Waals surface area contributed by atoms with Crippen LogP contribution in [0.3, 0.4) is 0 Å². The van der Waals surface area contributed by atoms with Gasteiger partial charge in [0, 0.05) is 17.0 Å². The lowest BCUT2D eigenvalue weighted by Gasteiger charge is -2.12. The van der Waals surface area contributed by atoms with Crippen molar-refractivity contribution in [3.8, 4) is 5.75 Å². The molecular formula is C18H15ClO4. The van der Waals surface area contributed by atoms with Crippen molar-refractivity contribution in [3.05, 3.63) is 63.7 Å². The van der Waals surface area contributed by atoms with Crippen LogP contribution in [-0.4, -0.2) is 23.0 Å². The number of hydrogen-bond acceptors (Lipinski definition) is 3. The molecular weight excluding hydrogens is 316 g/mol. The van der Waals surface area contributed by atoms with E-state index in [1.54, 1.807) is 24.3 Å². The first kappa shape index (κ1) is 15.6. The number of carboxylic acids is 1. The molecule has 118 valence electrons. The van der Waals surface area contributed by atoms with Gasteiger partial charge in [-0.1, -0.05) is 23.7 Å². The van der Waals surface area contributed by atoms with Crippen LogP contribution in [0.15, 0.2) is 36.4 Å². The third-order valence-electron chi connectivity index (χ3n) is 3.92. The Balaban J connectivity index is 1.98. The summed E-state index contributed by atoms with van der Waals surface area (Å²) in [6, 6.07) is 10.4. The molecule has 23 heavy (non-hydrogen) atoms. The zero-order valence-corrected chi connectivity index (χ0v) is 13.3. The number of aliphatic carboxylic acids is 1. The molecule has 0 aliphatic carbocycles. The van der Waals surface area contributed by atoms with Crippen LogP contribution in [0, 0.1) is 6.92 Å². The van der Waals surface area contributed by atoms with E-state index in [0.29, 0.717) is 28.3 Å². The summed E-state index contributed by atoms with van der Waals surface area (Å²) in [4.78, 5) is 23.7. The van der Waals surface area contributed by atoms with E-state index >= 15 is 0 Å². The molecule has 1 N–H and O–H groups in total. The molecule has 0 bridgehead atoms. The zero-order chi connectivity index (χ0) is 16.6. The lowest BCUT2D eigenvalue weighted by molar-refractivity contribution is -0.138. The Bertz CT molecular complexity index is 780. The second-order valence-electron chi connectivity index (χ2n) is 5.62. The maximum Gasteiger partial charge on any atom is 0.307 e. The van der Waals surface area contributed by atoms with Gasteiger partial charge in [0.05, 0.1) is 12.0 Å². The Morgan fingerprint density at radius 2 is 1.91 bits per heavy atom. The maximum absolute atomic E-state index is 12.8. The molecule has 5 heteroatoms. The fourth-order valence-corrected chi connectivity index (χ4v) is 2.94. The van der Waals surface area contributed by atoms with E-state index in [4.69, 9.17) is 21.4 Å². The number of aryl methyl sites for hydroxylation is 1. The van der Waals surface area contributed by atoms with Gasteiger partial charge in [-0.25, -0.2) is 0 Å². The van der Waals surface area contributed by atoms with E-state index in [1.165, 1.54) is 0 Å². The Morgan fingerprint density at radius 1 is 1.22 bits per heavy atom. The molecule has 3 rings (SSSR count).